The Kier molecular flexibility index (Phi) is 4.17. The van der Waals surface area contributed by atoms with Crippen molar-refractivity contribution in [3.05, 3.63) is 28.8 Å². The Balaban J connectivity index is 2.35. The van der Waals surface area contributed by atoms with Gasteiger partial charge in [0.15, 0.2) is 18.0 Å². The standard InChI is InChI=1S/C16H17F3O4/c1-8-5-10(22-7-16(17,18)19)6-9(2)11(8)12-13(20)15(3,4)23-14(12)21/h5-6,12H,7H2,1-4H3. The zero-order valence-corrected chi connectivity index (χ0v) is 13.2. The lowest BCUT2D eigenvalue weighted by molar-refractivity contribution is -0.153. The summed E-state index contributed by atoms with van der Waals surface area (Å²) in [6.07, 6.45) is -4.43. The van der Waals surface area contributed by atoms with Gasteiger partial charge in [-0.15, -0.1) is 0 Å². The Morgan fingerprint density at radius 1 is 1.17 bits per heavy atom. The van der Waals surface area contributed by atoms with Gasteiger partial charge in [0.05, 0.1) is 0 Å². The molecule has 1 aromatic rings. The Bertz CT molecular complexity index is 639. The molecular weight excluding hydrogens is 313 g/mol. The van der Waals surface area contributed by atoms with Crippen molar-refractivity contribution >= 4 is 11.8 Å². The molecule has 1 fully saturated rings. The van der Waals surface area contributed by atoms with Crippen LogP contribution in [-0.2, 0) is 14.3 Å². The number of benzene rings is 1. The number of cyclic esters (lactones) is 1. The number of hydrogen-bond donors (Lipinski definition) is 0. The van der Waals surface area contributed by atoms with Crippen LogP contribution in [0.25, 0.3) is 0 Å². The van der Waals surface area contributed by atoms with Gasteiger partial charge in [-0.05, 0) is 56.5 Å². The van der Waals surface area contributed by atoms with Gasteiger partial charge >= 0.3 is 12.1 Å². The van der Waals surface area contributed by atoms with Crippen LogP contribution >= 0.6 is 0 Å². The second kappa shape index (κ2) is 5.54. The van der Waals surface area contributed by atoms with Gasteiger partial charge in [-0.3, -0.25) is 9.59 Å². The van der Waals surface area contributed by atoms with Crippen LogP contribution in [0.1, 0.15) is 36.5 Å². The molecular formula is C16H17F3O4. The maximum atomic E-state index is 12.4. The minimum Gasteiger partial charge on any atom is -0.484 e. The minimum absolute atomic E-state index is 0.0409. The van der Waals surface area contributed by atoms with Gasteiger partial charge in [-0.2, -0.15) is 13.2 Å². The van der Waals surface area contributed by atoms with E-state index in [0.29, 0.717) is 16.7 Å². The number of esters is 1. The van der Waals surface area contributed by atoms with E-state index in [9.17, 15) is 22.8 Å². The molecule has 23 heavy (non-hydrogen) atoms. The molecule has 0 amide bonds. The number of halogens is 3. The first-order valence-corrected chi connectivity index (χ1v) is 7.00. The highest BCUT2D eigenvalue weighted by molar-refractivity contribution is 6.13. The van der Waals surface area contributed by atoms with Crippen LogP contribution in [0.4, 0.5) is 13.2 Å². The summed E-state index contributed by atoms with van der Waals surface area (Å²) in [7, 11) is 0. The third-order valence-electron chi connectivity index (χ3n) is 3.71. The van der Waals surface area contributed by atoms with Gasteiger partial charge in [0, 0.05) is 0 Å². The number of rotatable bonds is 3. The zero-order chi connectivity index (χ0) is 17.6. The van der Waals surface area contributed by atoms with E-state index in [1.54, 1.807) is 13.8 Å². The molecule has 0 bridgehead atoms. The molecule has 0 aromatic heterocycles. The van der Waals surface area contributed by atoms with Crippen molar-refractivity contribution in [2.75, 3.05) is 6.61 Å². The van der Waals surface area contributed by atoms with Crippen LogP contribution in [-0.4, -0.2) is 30.1 Å². The summed E-state index contributed by atoms with van der Waals surface area (Å²) in [6, 6.07) is 2.78. The number of ketones is 1. The summed E-state index contributed by atoms with van der Waals surface area (Å²) in [5.41, 5.74) is 0.279. The number of aryl methyl sites for hydroxylation is 2. The molecule has 1 aliphatic heterocycles. The molecule has 0 radical (unpaired) electrons. The third kappa shape index (κ3) is 3.48. The van der Waals surface area contributed by atoms with E-state index in [1.165, 1.54) is 26.0 Å². The number of carbonyl (C=O) groups is 2. The largest absolute Gasteiger partial charge is 0.484 e. The zero-order valence-electron chi connectivity index (χ0n) is 13.2. The smallest absolute Gasteiger partial charge is 0.422 e. The summed E-state index contributed by atoms with van der Waals surface area (Å²) < 4.78 is 46.5. The summed E-state index contributed by atoms with van der Waals surface area (Å²) in [5, 5.41) is 0. The Hall–Kier alpha value is -2.05. The summed E-state index contributed by atoms with van der Waals surface area (Å²) >= 11 is 0. The van der Waals surface area contributed by atoms with Crippen molar-refractivity contribution < 1.29 is 32.2 Å². The molecule has 1 saturated heterocycles. The van der Waals surface area contributed by atoms with Crippen molar-refractivity contribution in [3.8, 4) is 5.75 Å². The Morgan fingerprint density at radius 3 is 2.09 bits per heavy atom. The number of Topliss-reactive ketones (excluding diaryl/α,β-unsaturated/α-hetero) is 1. The fourth-order valence-corrected chi connectivity index (χ4v) is 2.70. The molecule has 1 atom stereocenters. The van der Waals surface area contributed by atoms with Gasteiger partial charge < -0.3 is 9.47 Å². The van der Waals surface area contributed by atoms with Gasteiger partial charge in [0.1, 0.15) is 11.7 Å². The van der Waals surface area contributed by atoms with Crippen LogP contribution in [0, 0.1) is 13.8 Å². The lowest BCUT2D eigenvalue weighted by atomic mass is 9.85. The van der Waals surface area contributed by atoms with Crippen molar-refractivity contribution in [1.82, 2.24) is 0 Å². The van der Waals surface area contributed by atoms with Gasteiger partial charge in [0.25, 0.3) is 0 Å². The molecule has 1 aromatic carbocycles. The maximum Gasteiger partial charge on any atom is 0.422 e. The highest BCUT2D eigenvalue weighted by atomic mass is 19.4. The second-order valence-corrected chi connectivity index (χ2v) is 6.10. The molecule has 1 aliphatic rings. The quantitative estimate of drug-likeness (QED) is 0.631. The van der Waals surface area contributed by atoms with Crippen molar-refractivity contribution in [3.63, 3.8) is 0 Å². The van der Waals surface area contributed by atoms with E-state index < -0.39 is 30.3 Å². The first-order valence-electron chi connectivity index (χ1n) is 7.00. The molecule has 0 N–H and O–H groups in total. The predicted molar refractivity (Wildman–Crippen MR) is 75.4 cm³/mol. The Morgan fingerprint density at radius 2 is 1.70 bits per heavy atom. The van der Waals surface area contributed by atoms with Gasteiger partial charge in [0.2, 0.25) is 0 Å². The van der Waals surface area contributed by atoms with Gasteiger partial charge in [-0.25, -0.2) is 0 Å². The van der Waals surface area contributed by atoms with Crippen LogP contribution in [0.15, 0.2) is 12.1 Å². The molecule has 1 heterocycles. The summed E-state index contributed by atoms with van der Waals surface area (Å²) in [4.78, 5) is 24.4. The summed E-state index contributed by atoms with van der Waals surface area (Å²) in [5.74, 6) is -2.02. The van der Waals surface area contributed by atoms with Crippen LogP contribution in [0.5, 0.6) is 5.75 Å². The molecule has 0 saturated carbocycles. The third-order valence-corrected chi connectivity index (χ3v) is 3.71. The highest BCUT2D eigenvalue weighted by Crippen LogP contribution is 2.38. The predicted octanol–water partition coefficient (Wildman–Crippen LogP) is 3.23. The molecule has 126 valence electrons. The normalized spacial score (nSPS) is 20.6. The van der Waals surface area contributed by atoms with Crippen molar-refractivity contribution in [2.45, 2.75) is 45.4 Å². The second-order valence-electron chi connectivity index (χ2n) is 6.10. The van der Waals surface area contributed by atoms with E-state index in [0.717, 1.165) is 0 Å². The van der Waals surface area contributed by atoms with E-state index in [2.05, 4.69) is 0 Å². The fraction of sp³-hybridized carbons (Fsp3) is 0.500. The molecule has 2 rings (SSSR count). The Labute approximate surface area is 131 Å². The molecule has 7 heteroatoms. The van der Waals surface area contributed by atoms with E-state index in [4.69, 9.17) is 9.47 Å². The average Bonchev–Trinajstić information content (AvgIpc) is 2.57. The molecule has 0 spiro atoms. The van der Waals surface area contributed by atoms with E-state index in [-0.39, 0.29) is 11.5 Å². The summed E-state index contributed by atoms with van der Waals surface area (Å²) in [6.45, 7) is 4.86. The number of carbonyl (C=O) groups excluding carboxylic acids is 2. The van der Waals surface area contributed by atoms with Crippen LogP contribution < -0.4 is 4.74 Å². The van der Waals surface area contributed by atoms with Crippen molar-refractivity contribution in [1.29, 1.82) is 0 Å². The molecule has 4 nitrogen and oxygen atoms in total. The number of hydrogen-bond acceptors (Lipinski definition) is 4. The minimum atomic E-state index is -4.43. The monoisotopic (exact) mass is 330 g/mol. The maximum absolute atomic E-state index is 12.4. The van der Waals surface area contributed by atoms with Crippen molar-refractivity contribution in [2.24, 2.45) is 0 Å². The lowest BCUT2D eigenvalue weighted by Crippen LogP contribution is -2.29. The van der Waals surface area contributed by atoms with E-state index in [1.807, 2.05) is 0 Å². The van der Waals surface area contributed by atoms with E-state index >= 15 is 0 Å². The van der Waals surface area contributed by atoms with Crippen LogP contribution in [0.2, 0.25) is 0 Å². The fourth-order valence-electron chi connectivity index (χ4n) is 2.70. The topological polar surface area (TPSA) is 52.6 Å². The number of ether oxygens (including phenoxy) is 2. The number of alkyl halides is 3. The highest BCUT2D eigenvalue weighted by Gasteiger charge is 2.50. The first kappa shape index (κ1) is 17.3. The SMILES string of the molecule is Cc1cc(OCC(F)(F)F)cc(C)c1C1C(=O)OC(C)(C)C1=O. The first-order chi connectivity index (χ1) is 10.4. The lowest BCUT2D eigenvalue weighted by Gasteiger charge is -2.17. The molecule has 0 aliphatic carbocycles. The van der Waals surface area contributed by atoms with Gasteiger partial charge in [-0.1, -0.05) is 0 Å². The average molecular weight is 330 g/mol. The molecule has 1 unspecified atom stereocenters. The van der Waals surface area contributed by atoms with Crippen LogP contribution in [0.3, 0.4) is 0 Å².